The van der Waals surface area contributed by atoms with E-state index in [2.05, 4.69) is 19.7 Å². The molecule has 2 nitrogen and oxygen atoms in total. The molecular formula is C13H16O2. The molecule has 80 valence electrons. The van der Waals surface area contributed by atoms with E-state index in [-0.39, 0.29) is 17.8 Å². The van der Waals surface area contributed by atoms with Gasteiger partial charge in [-0.25, -0.2) is 4.79 Å². The molecule has 1 spiro atoms. The highest BCUT2D eigenvalue weighted by Gasteiger charge is 2.55. The zero-order valence-corrected chi connectivity index (χ0v) is 8.87. The highest BCUT2D eigenvalue weighted by molar-refractivity contribution is 5.90. The number of hydrogen-bond donors (Lipinski definition) is 0. The first-order chi connectivity index (χ1) is 7.14. The second kappa shape index (κ2) is 3.37. The van der Waals surface area contributed by atoms with E-state index in [1.807, 2.05) is 12.2 Å². The van der Waals surface area contributed by atoms with Crippen LogP contribution < -0.4 is 0 Å². The van der Waals surface area contributed by atoms with Crippen molar-refractivity contribution < 1.29 is 9.53 Å². The van der Waals surface area contributed by atoms with Gasteiger partial charge in [0.25, 0.3) is 0 Å². The molecule has 15 heavy (non-hydrogen) atoms. The zero-order valence-electron chi connectivity index (χ0n) is 8.87. The lowest BCUT2D eigenvalue weighted by atomic mass is 9.81. The molecule has 0 aromatic rings. The molecule has 2 atom stereocenters. The third kappa shape index (κ3) is 1.28. The van der Waals surface area contributed by atoms with Gasteiger partial charge in [-0.2, -0.15) is 0 Å². The lowest BCUT2D eigenvalue weighted by molar-refractivity contribution is -0.150. The van der Waals surface area contributed by atoms with Crippen LogP contribution in [0.2, 0.25) is 0 Å². The molecule has 2 rings (SSSR count). The summed E-state index contributed by atoms with van der Waals surface area (Å²) in [5.41, 5.74) is 0.160. The van der Waals surface area contributed by atoms with Crippen molar-refractivity contribution in [3.8, 4) is 0 Å². The summed E-state index contributed by atoms with van der Waals surface area (Å²) in [6, 6.07) is 0. The molecule has 0 N–H and O–H groups in total. The predicted octanol–water partition coefficient (Wildman–Crippen LogP) is 2.63. The van der Waals surface area contributed by atoms with Crippen molar-refractivity contribution >= 4 is 5.97 Å². The fraction of sp³-hybridized carbons (Fsp3) is 0.462. The van der Waals surface area contributed by atoms with Crippen molar-refractivity contribution in [1.29, 1.82) is 0 Å². The Morgan fingerprint density at radius 2 is 1.80 bits per heavy atom. The van der Waals surface area contributed by atoms with Gasteiger partial charge in [0.1, 0.15) is 5.60 Å². The molecule has 1 heterocycles. The van der Waals surface area contributed by atoms with E-state index in [1.165, 1.54) is 0 Å². The fourth-order valence-electron chi connectivity index (χ4n) is 2.86. The van der Waals surface area contributed by atoms with Crippen LogP contribution in [-0.2, 0) is 9.53 Å². The van der Waals surface area contributed by atoms with Gasteiger partial charge in [-0.15, -0.1) is 13.2 Å². The molecule has 0 bridgehead atoms. The van der Waals surface area contributed by atoms with Crippen molar-refractivity contribution in [2.24, 2.45) is 11.8 Å². The minimum atomic E-state index is -0.419. The van der Waals surface area contributed by atoms with Crippen LogP contribution >= 0.6 is 0 Å². The van der Waals surface area contributed by atoms with Crippen LogP contribution in [0.3, 0.4) is 0 Å². The first-order valence-electron chi connectivity index (χ1n) is 5.30. The topological polar surface area (TPSA) is 26.3 Å². The highest BCUT2D eigenvalue weighted by Crippen LogP contribution is 2.51. The van der Waals surface area contributed by atoms with Crippen LogP contribution in [0, 0.1) is 11.8 Å². The summed E-state index contributed by atoms with van der Waals surface area (Å²) in [5.74, 6) is 0.225. The van der Waals surface area contributed by atoms with Crippen molar-refractivity contribution in [3.63, 3.8) is 0 Å². The van der Waals surface area contributed by atoms with Crippen LogP contribution in [0.4, 0.5) is 0 Å². The lowest BCUT2D eigenvalue weighted by Gasteiger charge is -2.31. The van der Waals surface area contributed by atoms with E-state index in [1.54, 1.807) is 0 Å². The standard InChI is InChI=1S/C13H16O2/c1-4-10-6-7-11(5-2)13(10)8-9(3)12(14)15-13/h4-5,10-11H,1-3,6-8H2/t10-,11-/m1/s1. The van der Waals surface area contributed by atoms with Crippen molar-refractivity contribution in [1.82, 2.24) is 0 Å². The monoisotopic (exact) mass is 204 g/mol. The van der Waals surface area contributed by atoms with E-state index in [4.69, 9.17) is 4.74 Å². The molecule has 2 fully saturated rings. The summed E-state index contributed by atoms with van der Waals surface area (Å²) in [6.07, 6.45) is 6.45. The Labute approximate surface area is 90.3 Å². The molecule has 0 amide bonds. The van der Waals surface area contributed by atoms with Crippen LogP contribution in [0.25, 0.3) is 0 Å². The van der Waals surface area contributed by atoms with Crippen molar-refractivity contribution in [2.45, 2.75) is 24.9 Å². The van der Waals surface area contributed by atoms with E-state index < -0.39 is 5.60 Å². The molecule has 0 unspecified atom stereocenters. The van der Waals surface area contributed by atoms with Gasteiger partial charge in [0.15, 0.2) is 0 Å². The van der Waals surface area contributed by atoms with Crippen LogP contribution in [0.5, 0.6) is 0 Å². The summed E-state index contributed by atoms with van der Waals surface area (Å²) in [5, 5.41) is 0. The minimum absolute atomic E-state index is 0.240. The third-order valence-corrected chi connectivity index (χ3v) is 3.67. The summed E-state index contributed by atoms with van der Waals surface area (Å²) in [6.45, 7) is 11.4. The molecule has 1 aliphatic heterocycles. The Kier molecular flexibility index (Phi) is 2.29. The van der Waals surface area contributed by atoms with Crippen molar-refractivity contribution in [3.05, 3.63) is 37.5 Å². The summed E-state index contributed by atoms with van der Waals surface area (Å²) < 4.78 is 5.55. The zero-order chi connectivity index (χ0) is 11.1. The van der Waals surface area contributed by atoms with Crippen LogP contribution in [-0.4, -0.2) is 11.6 Å². The van der Waals surface area contributed by atoms with Gasteiger partial charge in [0.2, 0.25) is 0 Å². The van der Waals surface area contributed by atoms with Gasteiger partial charge in [-0.1, -0.05) is 18.7 Å². The largest absolute Gasteiger partial charge is 0.454 e. The van der Waals surface area contributed by atoms with Crippen LogP contribution in [0.1, 0.15) is 19.3 Å². The molecule has 2 aliphatic rings. The second-order valence-corrected chi connectivity index (χ2v) is 4.39. The average Bonchev–Trinajstić information content (AvgIpc) is 2.69. The van der Waals surface area contributed by atoms with E-state index >= 15 is 0 Å². The maximum atomic E-state index is 11.5. The first-order valence-corrected chi connectivity index (χ1v) is 5.30. The normalized spacial score (nSPS) is 33.1. The summed E-state index contributed by atoms with van der Waals surface area (Å²) >= 11 is 0. The molecule has 1 saturated heterocycles. The van der Waals surface area contributed by atoms with E-state index in [0.717, 1.165) is 12.8 Å². The second-order valence-electron chi connectivity index (χ2n) is 4.39. The number of hydrogen-bond acceptors (Lipinski definition) is 2. The Morgan fingerprint density at radius 1 is 1.27 bits per heavy atom. The molecule has 1 saturated carbocycles. The van der Waals surface area contributed by atoms with Crippen LogP contribution in [0.15, 0.2) is 37.5 Å². The smallest absolute Gasteiger partial charge is 0.334 e. The van der Waals surface area contributed by atoms with Gasteiger partial charge in [-0.3, -0.25) is 0 Å². The lowest BCUT2D eigenvalue weighted by Crippen LogP contribution is -2.37. The number of rotatable bonds is 2. The fourth-order valence-corrected chi connectivity index (χ4v) is 2.86. The number of carbonyl (C=O) groups excluding carboxylic acids is 1. The molecular weight excluding hydrogens is 188 g/mol. The molecule has 0 aromatic carbocycles. The van der Waals surface area contributed by atoms with E-state index in [0.29, 0.717) is 12.0 Å². The van der Waals surface area contributed by atoms with Gasteiger partial charge in [0, 0.05) is 23.8 Å². The number of carbonyl (C=O) groups is 1. The molecule has 1 aliphatic carbocycles. The Morgan fingerprint density at radius 3 is 2.13 bits per heavy atom. The average molecular weight is 204 g/mol. The summed E-state index contributed by atoms with van der Waals surface area (Å²) in [7, 11) is 0. The summed E-state index contributed by atoms with van der Waals surface area (Å²) in [4.78, 5) is 11.5. The van der Waals surface area contributed by atoms with Gasteiger partial charge < -0.3 is 4.74 Å². The Bertz CT molecular complexity index is 306. The van der Waals surface area contributed by atoms with E-state index in [9.17, 15) is 4.79 Å². The third-order valence-electron chi connectivity index (χ3n) is 3.67. The highest BCUT2D eigenvalue weighted by atomic mass is 16.6. The Hall–Kier alpha value is -1.31. The number of esters is 1. The molecule has 2 heteroatoms. The maximum Gasteiger partial charge on any atom is 0.334 e. The quantitative estimate of drug-likeness (QED) is 0.392. The van der Waals surface area contributed by atoms with Gasteiger partial charge in [0.05, 0.1) is 0 Å². The predicted molar refractivity (Wildman–Crippen MR) is 59.2 cm³/mol. The first kappa shape index (κ1) is 10.2. The SMILES string of the molecule is C=C[C@@H]1CC[C@@H](C=C)C12CC(=C)C(=O)O2. The molecule has 0 radical (unpaired) electrons. The minimum Gasteiger partial charge on any atom is -0.454 e. The Balaban J connectivity index is 2.37. The molecule has 0 aromatic heterocycles. The maximum absolute atomic E-state index is 11.5. The van der Waals surface area contributed by atoms with Gasteiger partial charge in [-0.05, 0) is 12.8 Å². The van der Waals surface area contributed by atoms with Gasteiger partial charge >= 0.3 is 5.97 Å². The number of ether oxygens (including phenoxy) is 1. The van der Waals surface area contributed by atoms with Crippen molar-refractivity contribution in [2.75, 3.05) is 0 Å².